The van der Waals surface area contributed by atoms with Crippen LogP contribution in [0.4, 0.5) is 5.82 Å². The second kappa shape index (κ2) is 5.14. The minimum absolute atomic E-state index is 0.402. The van der Waals surface area contributed by atoms with Gasteiger partial charge in [0.2, 0.25) is 0 Å². The maximum absolute atomic E-state index is 10.9. The molecule has 0 aliphatic carbocycles. The largest absolute Gasteiger partial charge is 0.480 e. The molecule has 1 atom stereocenters. The predicted octanol–water partition coefficient (Wildman–Crippen LogP) is 0.677. The molecule has 5 heteroatoms. The molecule has 2 heterocycles. The van der Waals surface area contributed by atoms with Gasteiger partial charge in [0.05, 0.1) is 0 Å². The number of carboxylic acids is 1. The van der Waals surface area contributed by atoms with Gasteiger partial charge in [-0.15, -0.1) is 0 Å². The molecule has 1 aliphatic rings. The van der Waals surface area contributed by atoms with Crippen molar-refractivity contribution in [1.29, 1.82) is 0 Å². The maximum atomic E-state index is 10.9. The molecule has 2 rings (SSSR count). The third kappa shape index (κ3) is 2.74. The van der Waals surface area contributed by atoms with E-state index in [1.807, 2.05) is 23.1 Å². The van der Waals surface area contributed by atoms with Crippen LogP contribution in [0.15, 0.2) is 24.4 Å². The van der Waals surface area contributed by atoms with E-state index in [4.69, 9.17) is 5.11 Å². The zero-order valence-corrected chi connectivity index (χ0v) is 9.91. The third-order valence-corrected chi connectivity index (χ3v) is 3.19. The van der Waals surface area contributed by atoms with Crippen LogP contribution in [0.25, 0.3) is 0 Å². The highest BCUT2D eigenvalue weighted by molar-refractivity contribution is 5.72. The van der Waals surface area contributed by atoms with E-state index in [-0.39, 0.29) is 0 Å². The topological polar surface area (TPSA) is 56.7 Å². The monoisotopic (exact) mass is 235 g/mol. The molecule has 5 nitrogen and oxygen atoms in total. The van der Waals surface area contributed by atoms with Crippen LogP contribution in [0.1, 0.15) is 6.92 Å². The van der Waals surface area contributed by atoms with Crippen LogP contribution in [0.5, 0.6) is 0 Å². The van der Waals surface area contributed by atoms with Gasteiger partial charge >= 0.3 is 5.97 Å². The number of hydrogen-bond acceptors (Lipinski definition) is 4. The van der Waals surface area contributed by atoms with Crippen molar-refractivity contribution < 1.29 is 9.90 Å². The molecule has 1 aromatic rings. The fourth-order valence-corrected chi connectivity index (χ4v) is 2.04. The molecule has 92 valence electrons. The molecule has 0 radical (unpaired) electrons. The molecule has 0 amide bonds. The van der Waals surface area contributed by atoms with Gasteiger partial charge in [0.1, 0.15) is 11.9 Å². The molecule has 0 unspecified atom stereocenters. The Morgan fingerprint density at radius 3 is 2.59 bits per heavy atom. The van der Waals surface area contributed by atoms with Crippen molar-refractivity contribution in [3.8, 4) is 0 Å². The summed E-state index contributed by atoms with van der Waals surface area (Å²) in [6.07, 6.45) is 1.78. The Balaban J connectivity index is 1.93. The second-order valence-electron chi connectivity index (χ2n) is 4.23. The van der Waals surface area contributed by atoms with Crippen molar-refractivity contribution in [2.24, 2.45) is 0 Å². The third-order valence-electron chi connectivity index (χ3n) is 3.19. The van der Waals surface area contributed by atoms with Gasteiger partial charge in [-0.2, -0.15) is 0 Å². The molecule has 1 saturated heterocycles. The molecule has 1 aromatic heterocycles. The highest BCUT2D eigenvalue weighted by Gasteiger charge is 2.25. The normalized spacial score (nSPS) is 19.0. The summed E-state index contributed by atoms with van der Waals surface area (Å²) in [5, 5.41) is 8.95. The lowest BCUT2D eigenvalue weighted by Crippen LogP contribution is -2.51. The zero-order valence-electron chi connectivity index (χ0n) is 9.91. The maximum Gasteiger partial charge on any atom is 0.320 e. The van der Waals surface area contributed by atoms with E-state index in [0.717, 1.165) is 32.0 Å². The van der Waals surface area contributed by atoms with Crippen LogP contribution in [0.3, 0.4) is 0 Å². The first-order valence-corrected chi connectivity index (χ1v) is 5.81. The van der Waals surface area contributed by atoms with Crippen molar-refractivity contribution in [3.05, 3.63) is 24.4 Å². The van der Waals surface area contributed by atoms with Gasteiger partial charge in [0.25, 0.3) is 0 Å². The Labute approximate surface area is 101 Å². The van der Waals surface area contributed by atoms with Gasteiger partial charge in [0.15, 0.2) is 0 Å². The predicted molar refractivity (Wildman–Crippen MR) is 65.1 cm³/mol. The van der Waals surface area contributed by atoms with Crippen molar-refractivity contribution >= 4 is 11.8 Å². The molecule has 0 saturated carbocycles. The van der Waals surface area contributed by atoms with E-state index in [0.29, 0.717) is 0 Å². The Kier molecular flexibility index (Phi) is 3.58. The Bertz CT molecular complexity index is 375. The lowest BCUT2D eigenvalue weighted by molar-refractivity contribution is -0.142. The number of carboxylic acid groups (broad SMARTS) is 1. The molecule has 0 spiro atoms. The summed E-state index contributed by atoms with van der Waals surface area (Å²) in [7, 11) is 0. The number of pyridine rings is 1. The first-order valence-electron chi connectivity index (χ1n) is 5.81. The van der Waals surface area contributed by atoms with E-state index in [1.54, 1.807) is 13.1 Å². The number of aromatic nitrogens is 1. The van der Waals surface area contributed by atoms with Gasteiger partial charge in [0, 0.05) is 32.4 Å². The summed E-state index contributed by atoms with van der Waals surface area (Å²) >= 11 is 0. The molecule has 0 bridgehead atoms. The van der Waals surface area contributed by atoms with Crippen LogP contribution in [-0.4, -0.2) is 53.2 Å². The van der Waals surface area contributed by atoms with Gasteiger partial charge in [-0.25, -0.2) is 4.98 Å². The number of carbonyl (C=O) groups is 1. The SMILES string of the molecule is C[C@H](C(=O)O)N1CCN(c2ccccn2)CC1. The fourth-order valence-electron chi connectivity index (χ4n) is 2.04. The lowest BCUT2D eigenvalue weighted by atomic mass is 10.2. The van der Waals surface area contributed by atoms with Crippen molar-refractivity contribution in [3.63, 3.8) is 0 Å². The summed E-state index contributed by atoms with van der Waals surface area (Å²) in [6.45, 7) is 4.93. The fraction of sp³-hybridized carbons (Fsp3) is 0.500. The number of anilines is 1. The summed E-state index contributed by atoms with van der Waals surface area (Å²) < 4.78 is 0. The summed E-state index contributed by atoms with van der Waals surface area (Å²) in [6, 6.07) is 5.44. The Morgan fingerprint density at radius 2 is 2.06 bits per heavy atom. The van der Waals surface area contributed by atoms with Crippen LogP contribution in [-0.2, 0) is 4.79 Å². The van der Waals surface area contributed by atoms with Gasteiger partial charge in [-0.3, -0.25) is 9.69 Å². The number of nitrogens with zero attached hydrogens (tertiary/aromatic N) is 3. The number of hydrogen-bond donors (Lipinski definition) is 1. The van der Waals surface area contributed by atoms with Crippen LogP contribution < -0.4 is 4.90 Å². The van der Waals surface area contributed by atoms with Gasteiger partial charge in [-0.05, 0) is 19.1 Å². The van der Waals surface area contributed by atoms with Gasteiger partial charge in [-0.1, -0.05) is 6.07 Å². The molecular formula is C12H17N3O2. The molecule has 0 aromatic carbocycles. The quantitative estimate of drug-likeness (QED) is 0.834. The molecular weight excluding hydrogens is 218 g/mol. The summed E-state index contributed by atoms with van der Waals surface area (Å²) in [5.41, 5.74) is 0. The lowest BCUT2D eigenvalue weighted by Gasteiger charge is -2.37. The van der Waals surface area contributed by atoms with E-state index in [9.17, 15) is 4.79 Å². The summed E-state index contributed by atoms with van der Waals surface area (Å²) in [5.74, 6) is 0.214. The van der Waals surface area contributed by atoms with Crippen LogP contribution >= 0.6 is 0 Å². The first kappa shape index (κ1) is 11.9. The minimum Gasteiger partial charge on any atom is -0.480 e. The highest BCUT2D eigenvalue weighted by atomic mass is 16.4. The minimum atomic E-state index is -0.753. The summed E-state index contributed by atoms with van der Waals surface area (Å²) in [4.78, 5) is 19.4. The first-order chi connectivity index (χ1) is 8.18. The second-order valence-corrected chi connectivity index (χ2v) is 4.23. The highest BCUT2D eigenvalue weighted by Crippen LogP contribution is 2.13. The van der Waals surface area contributed by atoms with Crippen molar-refractivity contribution in [1.82, 2.24) is 9.88 Å². The van der Waals surface area contributed by atoms with Gasteiger partial charge < -0.3 is 10.0 Å². The molecule has 17 heavy (non-hydrogen) atoms. The average molecular weight is 235 g/mol. The number of piperazine rings is 1. The molecule has 1 aliphatic heterocycles. The Hall–Kier alpha value is -1.62. The Morgan fingerprint density at radius 1 is 1.35 bits per heavy atom. The van der Waals surface area contributed by atoms with E-state index in [1.165, 1.54) is 0 Å². The smallest absolute Gasteiger partial charge is 0.320 e. The number of rotatable bonds is 3. The van der Waals surface area contributed by atoms with Crippen LogP contribution in [0, 0.1) is 0 Å². The standard InChI is InChI=1S/C12H17N3O2/c1-10(12(16)17)14-6-8-15(9-7-14)11-4-2-3-5-13-11/h2-5,10H,6-9H2,1H3,(H,16,17)/t10-/m1/s1. The molecule has 1 fully saturated rings. The average Bonchev–Trinajstić information content (AvgIpc) is 2.39. The van der Waals surface area contributed by atoms with E-state index in [2.05, 4.69) is 9.88 Å². The van der Waals surface area contributed by atoms with Crippen molar-refractivity contribution in [2.45, 2.75) is 13.0 Å². The van der Waals surface area contributed by atoms with E-state index < -0.39 is 12.0 Å². The van der Waals surface area contributed by atoms with E-state index >= 15 is 0 Å². The van der Waals surface area contributed by atoms with Crippen molar-refractivity contribution in [2.75, 3.05) is 31.1 Å². The number of aliphatic carboxylic acids is 1. The zero-order chi connectivity index (χ0) is 12.3. The van der Waals surface area contributed by atoms with Crippen LogP contribution in [0.2, 0.25) is 0 Å². The molecule has 1 N–H and O–H groups in total.